The Balaban J connectivity index is 2.43. The molecule has 1 aromatic heterocycles. The number of hydrogen-bond donors (Lipinski definition) is 3. The zero-order valence-electron chi connectivity index (χ0n) is 9.23. The van der Waals surface area contributed by atoms with E-state index in [2.05, 4.69) is 5.32 Å². The van der Waals surface area contributed by atoms with Gasteiger partial charge in [0.25, 0.3) is 0 Å². The van der Waals surface area contributed by atoms with Crippen molar-refractivity contribution in [2.75, 3.05) is 13.2 Å². The van der Waals surface area contributed by atoms with Gasteiger partial charge < -0.3 is 15.5 Å². The van der Waals surface area contributed by atoms with E-state index in [4.69, 9.17) is 0 Å². The Bertz CT molecular complexity index is 270. The molecule has 0 aliphatic heterocycles. The van der Waals surface area contributed by atoms with Gasteiger partial charge in [0.1, 0.15) is 6.10 Å². The molecular formula is C11H19NO2S. The van der Waals surface area contributed by atoms with Crippen LogP contribution in [-0.2, 0) is 0 Å². The summed E-state index contributed by atoms with van der Waals surface area (Å²) in [6.45, 7) is 4.53. The van der Waals surface area contributed by atoms with Crippen LogP contribution in [0.1, 0.15) is 31.2 Å². The second-order valence-electron chi connectivity index (χ2n) is 3.98. The van der Waals surface area contributed by atoms with Crippen molar-refractivity contribution in [2.45, 2.75) is 31.9 Å². The molecule has 1 rings (SSSR count). The first-order chi connectivity index (χ1) is 7.11. The summed E-state index contributed by atoms with van der Waals surface area (Å²) in [5, 5.41) is 24.2. The van der Waals surface area contributed by atoms with Crippen molar-refractivity contribution in [2.24, 2.45) is 0 Å². The lowest BCUT2D eigenvalue weighted by Crippen LogP contribution is -2.46. The zero-order chi connectivity index (χ0) is 11.3. The molecule has 0 aliphatic carbocycles. The Labute approximate surface area is 94.8 Å². The highest BCUT2D eigenvalue weighted by Crippen LogP contribution is 2.19. The van der Waals surface area contributed by atoms with Crippen LogP contribution in [0.5, 0.6) is 0 Å². The van der Waals surface area contributed by atoms with Crippen LogP contribution in [0.25, 0.3) is 0 Å². The predicted octanol–water partition coefficient (Wildman–Crippen LogP) is 1.53. The van der Waals surface area contributed by atoms with Crippen LogP contribution in [0.4, 0.5) is 0 Å². The van der Waals surface area contributed by atoms with Gasteiger partial charge in [0.05, 0.1) is 6.61 Å². The van der Waals surface area contributed by atoms with Crippen molar-refractivity contribution in [1.82, 2.24) is 5.32 Å². The zero-order valence-corrected chi connectivity index (χ0v) is 10.0. The van der Waals surface area contributed by atoms with E-state index >= 15 is 0 Å². The van der Waals surface area contributed by atoms with Gasteiger partial charge in [0.2, 0.25) is 0 Å². The molecule has 4 heteroatoms. The van der Waals surface area contributed by atoms with Gasteiger partial charge in [0.15, 0.2) is 0 Å². The van der Waals surface area contributed by atoms with Crippen molar-refractivity contribution in [3.05, 3.63) is 22.4 Å². The number of β-amino-alcohol motifs (C(OH)–C–C–N with tert-alkyl or cyclic N) is 1. The number of thiophene rings is 1. The van der Waals surface area contributed by atoms with Crippen LogP contribution in [0.2, 0.25) is 0 Å². The summed E-state index contributed by atoms with van der Waals surface area (Å²) < 4.78 is 0. The van der Waals surface area contributed by atoms with Gasteiger partial charge in [-0.25, -0.2) is 0 Å². The fourth-order valence-electron chi connectivity index (χ4n) is 1.22. The lowest BCUT2D eigenvalue weighted by Gasteiger charge is -2.28. The highest BCUT2D eigenvalue weighted by atomic mass is 32.1. The van der Waals surface area contributed by atoms with E-state index in [1.165, 1.54) is 0 Å². The van der Waals surface area contributed by atoms with E-state index in [-0.39, 0.29) is 12.1 Å². The van der Waals surface area contributed by atoms with E-state index in [9.17, 15) is 10.2 Å². The Morgan fingerprint density at radius 3 is 2.80 bits per heavy atom. The maximum atomic E-state index is 9.83. The molecule has 0 amide bonds. The molecule has 0 aromatic carbocycles. The summed E-state index contributed by atoms with van der Waals surface area (Å²) in [5.41, 5.74) is -0.293. The standard InChI is InChI=1S/C11H19NO2S/c1-3-11(2,8-13)12-7-9(14)10-5-4-6-15-10/h4-6,9,12-14H,3,7-8H2,1-2H3. The summed E-state index contributed by atoms with van der Waals surface area (Å²) >= 11 is 1.54. The monoisotopic (exact) mass is 229 g/mol. The third-order valence-corrected chi connectivity index (χ3v) is 3.70. The lowest BCUT2D eigenvalue weighted by atomic mass is 10.00. The Morgan fingerprint density at radius 1 is 1.60 bits per heavy atom. The first-order valence-electron chi connectivity index (χ1n) is 5.18. The molecule has 0 saturated heterocycles. The summed E-state index contributed by atoms with van der Waals surface area (Å²) in [6, 6.07) is 3.84. The number of rotatable bonds is 6. The maximum absolute atomic E-state index is 9.83. The summed E-state index contributed by atoms with van der Waals surface area (Å²) in [6.07, 6.45) is 0.350. The molecule has 0 radical (unpaired) electrons. The predicted molar refractivity (Wildman–Crippen MR) is 63.1 cm³/mol. The van der Waals surface area contributed by atoms with E-state index in [1.807, 2.05) is 31.4 Å². The van der Waals surface area contributed by atoms with Crippen molar-refractivity contribution in [1.29, 1.82) is 0 Å². The lowest BCUT2D eigenvalue weighted by molar-refractivity contribution is 0.128. The van der Waals surface area contributed by atoms with E-state index in [0.717, 1.165) is 11.3 Å². The average molecular weight is 229 g/mol. The minimum atomic E-state index is -0.484. The molecule has 0 bridgehead atoms. The molecule has 3 N–H and O–H groups in total. The normalized spacial score (nSPS) is 17.3. The molecule has 2 atom stereocenters. The summed E-state index contributed by atoms with van der Waals surface area (Å²) in [5.74, 6) is 0. The topological polar surface area (TPSA) is 52.5 Å². The van der Waals surface area contributed by atoms with Crippen LogP contribution in [0.3, 0.4) is 0 Å². The van der Waals surface area contributed by atoms with Crippen LogP contribution in [0, 0.1) is 0 Å². The average Bonchev–Trinajstić information content (AvgIpc) is 2.79. The molecule has 3 nitrogen and oxygen atoms in total. The number of nitrogens with one attached hydrogen (secondary N) is 1. The second-order valence-corrected chi connectivity index (χ2v) is 4.96. The molecule has 1 aromatic rings. The Kier molecular flexibility index (Phi) is 4.73. The molecule has 86 valence electrons. The minimum Gasteiger partial charge on any atom is -0.394 e. The summed E-state index contributed by atoms with van der Waals surface area (Å²) in [7, 11) is 0. The van der Waals surface area contributed by atoms with E-state index in [0.29, 0.717) is 6.54 Å². The van der Waals surface area contributed by atoms with Crippen LogP contribution in [0.15, 0.2) is 17.5 Å². The van der Waals surface area contributed by atoms with Gasteiger partial charge in [-0.1, -0.05) is 13.0 Å². The van der Waals surface area contributed by atoms with Crippen molar-refractivity contribution in [3.8, 4) is 0 Å². The van der Waals surface area contributed by atoms with Gasteiger partial charge in [-0.2, -0.15) is 0 Å². The van der Waals surface area contributed by atoms with Crippen molar-refractivity contribution in [3.63, 3.8) is 0 Å². The van der Waals surface area contributed by atoms with Crippen LogP contribution >= 0.6 is 11.3 Å². The van der Waals surface area contributed by atoms with Crippen molar-refractivity contribution >= 4 is 11.3 Å². The Hall–Kier alpha value is -0.420. The van der Waals surface area contributed by atoms with Gasteiger partial charge in [0, 0.05) is 17.0 Å². The third-order valence-electron chi connectivity index (χ3n) is 2.72. The van der Waals surface area contributed by atoms with E-state index < -0.39 is 6.10 Å². The highest BCUT2D eigenvalue weighted by molar-refractivity contribution is 7.10. The van der Waals surface area contributed by atoms with Gasteiger partial charge in [-0.15, -0.1) is 11.3 Å². The first kappa shape index (κ1) is 12.6. The second kappa shape index (κ2) is 5.61. The molecule has 15 heavy (non-hydrogen) atoms. The molecule has 0 saturated carbocycles. The fraction of sp³-hybridized carbons (Fsp3) is 0.636. The highest BCUT2D eigenvalue weighted by Gasteiger charge is 2.21. The van der Waals surface area contributed by atoms with Gasteiger partial charge in [-0.05, 0) is 24.8 Å². The van der Waals surface area contributed by atoms with Crippen LogP contribution in [-0.4, -0.2) is 28.9 Å². The molecule has 1 heterocycles. The minimum absolute atomic E-state index is 0.0840. The van der Waals surface area contributed by atoms with E-state index in [1.54, 1.807) is 11.3 Å². The molecule has 2 unspecified atom stereocenters. The number of aliphatic hydroxyl groups is 2. The molecular weight excluding hydrogens is 210 g/mol. The van der Waals surface area contributed by atoms with Gasteiger partial charge >= 0.3 is 0 Å². The quantitative estimate of drug-likeness (QED) is 0.693. The van der Waals surface area contributed by atoms with Crippen LogP contribution < -0.4 is 5.32 Å². The van der Waals surface area contributed by atoms with Gasteiger partial charge in [-0.3, -0.25) is 0 Å². The smallest absolute Gasteiger partial charge is 0.101 e. The maximum Gasteiger partial charge on any atom is 0.101 e. The first-order valence-corrected chi connectivity index (χ1v) is 6.06. The third kappa shape index (κ3) is 3.57. The number of hydrogen-bond acceptors (Lipinski definition) is 4. The summed E-state index contributed by atoms with van der Waals surface area (Å²) in [4.78, 5) is 0.957. The molecule has 0 fully saturated rings. The largest absolute Gasteiger partial charge is 0.394 e. The van der Waals surface area contributed by atoms with Crippen molar-refractivity contribution < 1.29 is 10.2 Å². The molecule has 0 aliphatic rings. The Morgan fingerprint density at radius 2 is 2.33 bits per heavy atom. The molecule has 0 spiro atoms. The SMILES string of the molecule is CCC(C)(CO)NCC(O)c1cccs1. The number of aliphatic hydroxyl groups excluding tert-OH is 2. The fourth-order valence-corrected chi connectivity index (χ4v) is 1.93.